The Morgan fingerprint density at radius 3 is 2.48 bits per heavy atom. The molecule has 0 unspecified atom stereocenters. The number of guanidine groups is 1. The van der Waals surface area contributed by atoms with Crippen LogP contribution < -0.4 is 20.7 Å². The molecule has 2 fully saturated rings. The summed E-state index contributed by atoms with van der Waals surface area (Å²) in [5.41, 5.74) is 7.96. The second-order valence-electron chi connectivity index (χ2n) is 8.33. The van der Waals surface area contributed by atoms with Gasteiger partial charge >= 0.3 is 0 Å². The average Bonchev–Trinajstić information content (AvgIpc) is 2.80. The summed E-state index contributed by atoms with van der Waals surface area (Å²) >= 11 is 0. The van der Waals surface area contributed by atoms with Crippen LogP contribution in [-0.2, 0) is 0 Å². The normalized spacial score (nSPS) is 22.4. The molecule has 2 aliphatic rings. The number of nitrogens with two attached hydrogens (primary N) is 1. The molecule has 6 nitrogen and oxygen atoms in total. The van der Waals surface area contributed by atoms with Gasteiger partial charge in [-0.2, -0.15) is 0 Å². The fourth-order valence-corrected chi connectivity index (χ4v) is 4.28. The molecule has 1 saturated heterocycles. The first-order valence-electron chi connectivity index (χ1n) is 11.1. The largest absolute Gasteiger partial charge is 0.497 e. The highest BCUT2D eigenvalue weighted by Gasteiger charge is 2.24. The second-order valence-corrected chi connectivity index (χ2v) is 8.33. The first-order valence-corrected chi connectivity index (χ1v) is 11.1. The van der Waals surface area contributed by atoms with Gasteiger partial charge in [0.25, 0.3) is 0 Å². The van der Waals surface area contributed by atoms with Gasteiger partial charge in [-0.25, -0.2) is 9.38 Å². The average molecular weight is 426 g/mol. The van der Waals surface area contributed by atoms with Crippen molar-refractivity contribution in [3.05, 3.63) is 54.3 Å². The zero-order valence-electron chi connectivity index (χ0n) is 18.1. The van der Waals surface area contributed by atoms with Crippen molar-refractivity contribution in [2.24, 2.45) is 10.7 Å². The lowest BCUT2D eigenvalue weighted by atomic mass is 9.92. The predicted molar refractivity (Wildman–Crippen MR) is 124 cm³/mol. The molecule has 0 spiro atoms. The highest BCUT2D eigenvalue weighted by Crippen LogP contribution is 2.24. The van der Waals surface area contributed by atoms with Crippen LogP contribution in [0.3, 0.4) is 0 Å². The Morgan fingerprint density at radius 2 is 1.77 bits per heavy atom. The van der Waals surface area contributed by atoms with Gasteiger partial charge in [0.1, 0.15) is 11.6 Å². The summed E-state index contributed by atoms with van der Waals surface area (Å²) in [6, 6.07) is 15.3. The van der Waals surface area contributed by atoms with Crippen molar-refractivity contribution < 1.29 is 9.13 Å². The number of ether oxygens (including phenoxy) is 1. The molecular formula is C24H32FN5O. The van der Waals surface area contributed by atoms with E-state index in [-0.39, 0.29) is 17.9 Å². The Hall–Kier alpha value is -2.80. The topological polar surface area (TPSA) is 66.1 Å². The van der Waals surface area contributed by atoms with Crippen LogP contribution in [0.5, 0.6) is 5.75 Å². The van der Waals surface area contributed by atoms with E-state index in [9.17, 15) is 4.39 Å². The van der Waals surface area contributed by atoms with Crippen LogP contribution in [0.15, 0.2) is 53.5 Å². The first-order chi connectivity index (χ1) is 15.1. The molecule has 2 aromatic carbocycles. The van der Waals surface area contributed by atoms with Crippen molar-refractivity contribution in [3.8, 4) is 5.75 Å². The van der Waals surface area contributed by atoms with E-state index in [0.717, 1.165) is 74.9 Å². The Balaban J connectivity index is 1.47. The molecule has 7 heteroatoms. The molecule has 2 aromatic rings. The minimum absolute atomic E-state index is 0.254. The summed E-state index contributed by atoms with van der Waals surface area (Å²) < 4.78 is 19.1. The molecule has 4 rings (SSSR count). The molecule has 0 amide bonds. The number of nitrogens with zero attached hydrogens (tertiary/aromatic N) is 3. The van der Waals surface area contributed by atoms with Crippen LogP contribution in [-0.4, -0.2) is 56.2 Å². The van der Waals surface area contributed by atoms with E-state index in [4.69, 9.17) is 15.5 Å². The maximum atomic E-state index is 13.7. The molecule has 1 aliphatic carbocycles. The lowest BCUT2D eigenvalue weighted by Gasteiger charge is -2.38. The third-order valence-corrected chi connectivity index (χ3v) is 6.12. The van der Waals surface area contributed by atoms with Crippen molar-refractivity contribution in [1.82, 2.24) is 4.90 Å². The van der Waals surface area contributed by atoms with E-state index in [2.05, 4.69) is 27.2 Å². The lowest BCUT2D eigenvalue weighted by Crippen LogP contribution is -2.51. The van der Waals surface area contributed by atoms with Crippen LogP contribution in [0.25, 0.3) is 0 Å². The number of aliphatic imine (C=N–C) groups is 1. The van der Waals surface area contributed by atoms with Crippen LogP contribution in [0.4, 0.5) is 15.8 Å². The van der Waals surface area contributed by atoms with Gasteiger partial charge in [-0.15, -0.1) is 0 Å². The van der Waals surface area contributed by atoms with Crippen molar-refractivity contribution in [1.29, 1.82) is 0 Å². The molecule has 1 saturated carbocycles. The fourth-order valence-electron chi connectivity index (χ4n) is 4.28. The van der Waals surface area contributed by atoms with E-state index >= 15 is 0 Å². The first kappa shape index (κ1) is 21.4. The smallest absolute Gasteiger partial charge is 0.198 e. The van der Waals surface area contributed by atoms with E-state index in [1.54, 1.807) is 13.2 Å². The number of nitrogens with one attached hydrogen (secondary N) is 1. The quantitative estimate of drug-likeness (QED) is 0.578. The maximum absolute atomic E-state index is 13.7. The summed E-state index contributed by atoms with van der Waals surface area (Å²) in [4.78, 5) is 9.69. The molecule has 1 heterocycles. The monoisotopic (exact) mass is 425 g/mol. The van der Waals surface area contributed by atoms with E-state index in [1.165, 1.54) is 12.1 Å². The number of piperazine rings is 1. The number of benzene rings is 2. The lowest BCUT2D eigenvalue weighted by molar-refractivity contribution is 0.366. The van der Waals surface area contributed by atoms with E-state index < -0.39 is 0 Å². The van der Waals surface area contributed by atoms with Crippen LogP contribution in [0.2, 0.25) is 0 Å². The SMILES string of the molecule is COc1cccc(N2CCN(C(=NC3CCC(N)CC3)Nc3cccc(F)c3)CC2)c1. The Kier molecular flexibility index (Phi) is 6.92. The molecule has 0 radical (unpaired) electrons. The zero-order valence-corrected chi connectivity index (χ0v) is 18.1. The van der Waals surface area contributed by atoms with Gasteiger partial charge in [-0.1, -0.05) is 12.1 Å². The number of rotatable bonds is 4. The molecule has 31 heavy (non-hydrogen) atoms. The van der Waals surface area contributed by atoms with Gasteiger partial charge in [-0.05, 0) is 56.0 Å². The number of halogens is 1. The zero-order chi connectivity index (χ0) is 21.6. The number of methoxy groups -OCH3 is 1. The standard InChI is InChI=1S/C24H32FN5O/c1-31-23-7-3-6-22(17-23)29-12-14-30(15-13-29)24(27-20-10-8-19(26)9-11-20)28-21-5-2-4-18(25)16-21/h2-7,16-17,19-20H,8-15,26H2,1H3,(H,27,28). The summed E-state index contributed by atoms with van der Waals surface area (Å²) in [5, 5.41) is 3.39. The molecule has 0 atom stereocenters. The van der Waals surface area contributed by atoms with Gasteiger partial charge in [-0.3, -0.25) is 0 Å². The highest BCUT2D eigenvalue weighted by molar-refractivity contribution is 5.94. The summed E-state index contributed by atoms with van der Waals surface area (Å²) in [7, 11) is 1.69. The third-order valence-electron chi connectivity index (χ3n) is 6.12. The Bertz CT molecular complexity index is 889. The number of hydrogen-bond donors (Lipinski definition) is 2. The minimum Gasteiger partial charge on any atom is -0.497 e. The molecule has 1 aliphatic heterocycles. The van der Waals surface area contributed by atoms with Gasteiger partial charge in [0.15, 0.2) is 5.96 Å². The number of hydrogen-bond acceptors (Lipinski definition) is 4. The molecule has 166 valence electrons. The second kappa shape index (κ2) is 10.0. The van der Waals surface area contributed by atoms with Gasteiger partial charge in [0.2, 0.25) is 0 Å². The van der Waals surface area contributed by atoms with Crippen molar-refractivity contribution in [3.63, 3.8) is 0 Å². The Labute approximate surface area is 183 Å². The fraction of sp³-hybridized carbons (Fsp3) is 0.458. The van der Waals surface area contributed by atoms with Crippen LogP contribution in [0.1, 0.15) is 25.7 Å². The van der Waals surface area contributed by atoms with Crippen molar-refractivity contribution in [2.75, 3.05) is 43.5 Å². The van der Waals surface area contributed by atoms with Gasteiger partial charge in [0, 0.05) is 49.7 Å². The van der Waals surface area contributed by atoms with Crippen LogP contribution >= 0.6 is 0 Å². The summed E-state index contributed by atoms with van der Waals surface area (Å²) in [5.74, 6) is 1.44. The van der Waals surface area contributed by atoms with E-state index in [1.807, 2.05) is 18.2 Å². The summed E-state index contributed by atoms with van der Waals surface area (Å²) in [6.45, 7) is 3.44. The minimum atomic E-state index is -0.254. The molecule has 3 N–H and O–H groups in total. The van der Waals surface area contributed by atoms with Crippen molar-refractivity contribution >= 4 is 17.3 Å². The Morgan fingerprint density at radius 1 is 1.03 bits per heavy atom. The van der Waals surface area contributed by atoms with Crippen LogP contribution in [0, 0.1) is 5.82 Å². The van der Waals surface area contributed by atoms with Gasteiger partial charge < -0.3 is 25.6 Å². The van der Waals surface area contributed by atoms with Crippen molar-refractivity contribution in [2.45, 2.75) is 37.8 Å². The predicted octanol–water partition coefficient (Wildman–Crippen LogP) is 3.69. The van der Waals surface area contributed by atoms with E-state index in [0.29, 0.717) is 0 Å². The number of anilines is 2. The summed E-state index contributed by atoms with van der Waals surface area (Å²) in [6.07, 6.45) is 4.01. The third kappa shape index (κ3) is 5.67. The van der Waals surface area contributed by atoms with Gasteiger partial charge in [0.05, 0.1) is 13.2 Å². The maximum Gasteiger partial charge on any atom is 0.198 e. The molecule has 0 bridgehead atoms. The molecular weight excluding hydrogens is 393 g/mol. The molecule has 0 aromatic heterocycles. The highest BCUT2D eigenvalue weighted by atomic mass is 19.1.